The molecule has 1 aromatic rings. The van der Waals surface area contributed by atoms with Gasteiger partial charge >= 0.3 is 6.09 Å². The van der Waals surface area contributed by atoms with Gasteiger partial charge in [0.2, 0.25) is 0 Å². The fourth-order valence-electron chi connectivity index (χ4n) is 2.82. The van der Waals surface area contributed by atoms with Gasteiger partial charge in [-0.1, -0.05) is 6.07 Å². The van der Waals surface area contributed by atoms with E-state index in [-0.39, 0.29) is 11.6 Å². The molecule has 1 spiro atoms. The number of likely N-dealkylation sites (tertiary alicyclic amines) is 1. The molecule has 0 saturated carbocycles. The summed E-state index contributed by atoms with van der Waals surface area (Å²) in [5.41, 5.74) is 6.61. The molecule has 0 aromatic heterocycles. The first-order valence-corrected chi connectivity index (χ1v) is 6.85. The Hall–Kier alpha value is -1.91. The van der Waals surface area contributed by atoms with Gasteiger partial charge in [0.25, 0.3) is 0 Å². The van der Waals surface area contributed by atoms with Crippen LogP contribution in [0.4, 0.5) is 10.5 Å². The number of nitrogens with two attached hydrogens (primary N) is 1. The van der Waals surface area contributed by atoms with Gasteiger partial charge in [-0.25, -0.2) is 4.79 Å². The molecule has 5 heteroatoms. The Morgan fingerprint density at radius 3 is 2.80 bits per heavy atom. The Bertz CT molecular complexity index is 565. The summed E-state index contributed by atoms with van der Waals surface area (Å²) in [6, 6.07) is 5.62. The van der Waals surface area contributed by atoms with Crippen LogP contribution in [0, 0.1) is 0 Å². The smallest absolute Gasteiger partial charge is 0.411 e. The van der Waals surface area contributed by atoms with Crippen molar-refractivity contribution in [3.05, 3.63) is 23.8 Å². The molecule has 108 valence electrons. The zero-order valence-electron chi connectivity index (χ0n) is 12.1. The fraction of sp³-hybridized carbons (Fsp3) is 0.533. The Kier molecular flexibility index (Phi) is 2.64. The third-order valence-corrected chi connectivity index (χ3v) is 3.85. The van der Waals surface area contributed by atoms with Crippen molar-refractivity contribution in [3.63, 3.8) is 0 Å². The first-order chi connectivity index (χ1) is 9.32. The summed E-state index contributed by atoms with van der Waals surface area (Å²) in [5.74, 6) is 0.776. The molecule has 2 aliphatic heterocycles. The van der Waals surface area contributed by atoms with E-state index >= 15 is 0 Å². The lowest BCUT2D eigenvalue weighted by atomic mass is 9.80. The van der Waals surface area contributed by atoms with Crippen LogP contribution < -0.4 is 10.5 Å². The van der Waals surface area contributed by atoms with Crippen molar-refractivity contribution in [2.75, 3.05) is 18.9 Å². The van der Waals surface area contributed by atoms with E-state index in [0.29, 0.717) is 18.8 Å². The number of nitrogen functional groups attached to an aromatic ring is 1. The molecular formula is C15H20N2O3. The molecule has 20 heavy (non-hydrogen) atoms. The van der Waals surface area contributed by atoms with Crippen LogP contribution in [0.5, 0.6) is 5.75 Å². The van der Waals surface area contributed by atoms with Crippen LogP contribution in [0.15, 0.2) is 18.2 Å². The number of anilines is 1. The molecule has 0 bridgehead atoms. The number of rotatable bonds is 0. The van der Waals surface area contributed by atoms with Gasteiger partial charge in [-0.05, 0) is 33.3 Å². The van der Waals surface area contributed by atoms with Crippen molar-refractivity contribution in [3.8, 4) is 5.75 Å². The number of hydrogen-bond acceptors (Lipinski definition) is 4. The normalized spacial score (nSPS) is 24.1. The van der Waals surface area contributed by atoms with Gasteiger partial charge in [0.15, 0.2) is 0 Å². The monoisotopic (exact) mass is 276 g/mol. The number of carbonyl (C=O) groups is 1. The SMILES string of the molecule is CC(C)(C)OC(=O)N1CC[C@@]12COc1cc(N)ccc12. The van der Waals surface area contributed by atoms with Crippen molar-refractivity contribution in [1.29, 1.82) is 0 Å². The Balaban J connectivity index is 1.87. The van der Waals surface area contributed by atoms with Gasteiger partial charge in [0.05, 0.1) is 0 Å². The molecule has 1 saturated heterocycles. The highest BCUT2D eigenvalue weighted by Crippen LogP contribution is 2.49. The predicted octanol–water partition coefficient (Wildman–Crippen LogP) is 2.50. The highest BCUT2D eigenvalue weighted by atomic mass is 16.6. The summed E-state index contributed by atoms with van der Waals surface area (Å²) in [5, 5.41) is 0. The molecule has 1 aromatic carbocycles. The molecule has 1 atom stereocenters. The molecule has 5 nitrogen and oxygen atoms in total. The Morgan fingerprint density at radius 1 is 1.45 bits per heavy atom. The Morgan fingerprint density at radius 2 is 2.20 bits per heavy atom. The second kappa shape index (κ2) is 4.04. The quantitative estimate of drug-likeness (QED) is 0.739. The van der Waals surface area contributed by atoms with Gasteiger partial charge in [0.1, 0.15) is 23.5 Å². The van der Waals surface area contributed by atoms with E-state index in [1.54, 1.807) is 4.90 Å². The van der Waals surface area contributed by atoms with Gasteiger partial charge in [-0.15, -0.1) is 0 Å². The van der Waals surface area contributed by atoms with Crippen LogP contribution in [-0.2, 0) is 10.3 Å². The van der Waals surface area contributed by atoms with Crippen molar-refractivity contribution in [1.82, 2.24) is 4.90 Å². The topological polar surface area (TPSA) is 64.8 Å². The minimum absolute atomic E-state index is 0.281. The maximum atomic E-state index is 12.3. The largest absolute Gasteiger partial charge is 0.490 e. The number of carbonyl (C=O) groups excluding carboxylic acids is 1. The maximum Gasteiger partial charge on any atom is 0.411 e. The van der Waals surface area contributed by atoms with Crippen LogP contribution in [-0.4, -0.2) is 29.7 Å². The molecule has 0 radical (unpaired) electrons. The molecule has 1 fully saturated rings. The highest BCUT2D eigenvalue weighted by Gasteiger charge is 2.55. The van der Waals surface area contributed by atoms with E-state index in [9.17, 15) is 4.79 Å². The average Bonchev–Trinajstić information content (AvgIpc) is 2.65. The Labute approximate surface area is 118 Å². The van der Waals surface area contributed by atoms with Gasteiger partial charge in [-0.3, -0.25) is 4.90 Å². The number of hydrogen-bond donors (Lipinski definition) is 1. The average molecular weight is 276 g/mol. The second-order valence-electron chi connectivity index (χ2n) is 6.46. The minimum atomic E-state index is -0.489. The van der Waals surface area contributed by atoms with Gasteiger partial charge in [-0.2, -0.15) is 0 Å². The number of fused-ring (bicyclic) bond motifs is 2. The standard InChI is InChI=1S/C15H20N2O3/c1-14(2,3)20-13(18)17-7-6-15(17)9-19-12-8-10(16)4-5-11(12)15/h4-5,8H,6-7,9,16H2,1-3H3/t15-/m0/s1. The van der Waals surface area contributed by atoms with Crippen molar-refractivity contribution >= 4 is 11.8 Å². The number of nitrogens with zero attached hydrogens (tertiary/aromatic N) is 1. The minimum Gasteiger partial charge on any atom is -0.490 e. The summed E-state index contributed by atoms with van der Waals surface area (Å²) in [6.45, 7) is 6.79. The lowest BCUT2D eigenvalue weighted by Crippen LogP contribution is -2.61. The van der Waals surface area contributed by atoms with Crippen LogP contribution in [0.3, 0.4) is 0 Å². The van der Waals surface area contributed by atoms with Crippen molar-refractivity contribution < 1.29 is 14.3 Å². The lowest BCUT2D eigenvalue weighted by molar-refractivity contribution is -0.0539. The summed E-state index contributed by atoms with van der Waals surface area (Å²) in [4.78, 5) is 14.1. The van der Waals surface area contributed by atoms with E-state index in [1.165, 1.54) is 0 Å². The molecule has 3 rings (SSSR count). The first kappa shape index (κ1) is 13.1. The van der Waals surface area contributed by atoms with Crippen LogP contribution in [0.25, 0.3) is 0 Å². The number of amides is 1. The zero-order chi connectivity index (χ0) is 14.5. The molecule has 0 unspecified atom stereocenters. The highest BCUT2D eigenvalue weighted by molar-refractivity contribution is 5.72. The fourth-order valence-corrected chi connectivity index (χ4v) is 2.82. The van der Waals surface area contributed by atoms with Crippen LogP contribution in [0.2, 0.25) is 0 Å². The van der Waals surface area contributed by atoms with E-state index in [1.807, 2.05) is 39.0 Å². The van der Waals surface area contributed by atoms with Crippen molar-refractivity contribution in [2.24, 2.45) is 0 Å². The van der Waals surface area contributed by atoms with Gasteiger partial charge < -0.3 is 15.2 Å². The van der Waals surface area contributed by atoms with E-state index in [2.05, 4.69) is 0 Å². The maximum absolute atomic E-state index is 12.3. The van der Waals surface area contributed by atoms with E-state index < -0.39 is 5.60 Å². The molecule has 0 aliphatic carbocycles. The summed E-state index contributed by atoms with van der Waals surface area (Å²) >= 11 is 0. The second-order valence-corrected chi connectivity index (χ2v) is 6.46. The summed E-state index contributed by atoms with van der Waals surface area (Å²) in [6.07, 6.45) is 0.611. The molecule has 2 aliphatic rings. The van der Waals surface area contributed by atoms with Gasteiger partial charge in [0, 0.05) is 23.9 Å². The summed E-state index contributed by atoms with van der Waals surface area (Å²) in [7, 11) is 0. The molecule has 1 amide bonds. The molecule has 2 heterocycles. The first-order valence-electron chi connectivity index (χ1n) is 6.85. The zero-order valence-corrected chi connectivity index (χ0v) is 12.1. The number of ether oxygens (including phenoxy) is 2. The lowest BCUT2D eigenvalue weighted by Gasteiger charge is -2.49. The predicted molar refractivity (Wildman–Crippen MR) is 75.6 cm³/mol. The molecule has 2 N–H and O–H groups in total. The molecular weight excluding hydrogens is 256 g/mol. The number of benzene rings is 1. The third-order valence-electron chi connectivity index (χ3n) is 3.85. The summed E-state index contributed by atoms with van der Waals surface area (Å²) < 4.78 is 11.2. The van der Waals surface area contributed by atoms with Crippen LogP contribution in [0.1, 0.15) is 32.8 Å². The third kappa shape index (κ3) is 1.88. The van der Waals surface area contributed by atoms with Crippen molar-refractivity contribution in [2.45, 2.75) is 38.3 Å². The van der Waals surface area contributed by atoms with E-state index in [0.717, 1.165) is 17.7 Å². The van der Waals surface area contributed by atoms with Crippen LogP contribution >= 0.6 is 0 Å². The van der Waals surface area contributed by atoms with E-state index in [4.69, 9.17) is 15.2 Å².